The number of halogens is 2. The van der Waals surface area contributed by atoms with Gasteiger partial charge in [0.05, 0.1) is 65.6 Å². The molecule has 13 aromatic heterocycles. The van der Waals surface area contributed by atoms with Crippen molar-refractivity contribution in [3.63, 3.8) is 0 Å². The van der Waals surface area contributed by atoms with E-state index in [2.05, 4.69) is 132 Å². The third-order valence-electron chi connectivity index (χ3n) is 27.8. The number of carbonyl (C=O) groups excluding carboxylic acids is 3. The molecule has 5 N–H and O–H groups in total. The van der Waals surface area contributed by atoms with E-state index < -0.39 is 18.2 Å². The lowest BCUT2D eigenvalue weighted by Crippen LogP contribution is -2.45. The Morgan fingerprint density at radius 2 is 1.18 bits per heavy atom. The zero-order valence-electron chi connectivity index (χ0n) is 79.7. The molecule has 21 rings (SSSR count). The van der Waals surface area contributed by atoms with Gasteiger partial charge in [0, 0.05) is 218 Å². The number of aliphatic hydroxyl groups is 1. The molecule has 137 heavy (non-hydrogen) atoms. The number of pyridine rings is 6. The number of piperazine rings is 3. The molecular weight excluding hydrogens is 1740 g/mol. The smallest absolute Gasteiger partial charge is 0.270 e. The summed E-state index contributed by atoms with van der Waals surface area (Å²) < 4.78 is 37.9. The first kappa shape index (κ1) is 94.2. The van der Waals surface area contributed by atoms with Crippen molar-refractivity contribution in [2.75, 3.05) is 133 Å². The lowest BCUT2D eigenvalue weighted by Gasteiger charge is -2.33. The van der Waals surface area contributed by atoms with Gasteiger partial charge in [0.15, 0.2) is 17.4 Å². The second-order valence-corrected chi connectivity index (χ2v) is 37.6. The molecule has 17 heterocycles. The van der Waals surface area contributed by atoms with Crippen molar-refractivity contribution in [2.45, 2.75) is 182 Å². The third-order valence-corrected chi connectivity index (χ3v) is 27.8. The Kier molecular flexibility index (Phi) is 29.0. The Morgan fingerprint density at radius 1 is 0.569 bits per heavy atom. The number of ketones is 1. The van der Waals surface area contributed by atoms with Crippen molar-refractivity contribution in [1.82, 2.24) is 118 Å². The Labute approximate surface area is 794 Å². The SMILES string of the molecule is CC(=O)c1c(C)c2cnc(Cc3ccc(N4CCNCC4)cn3)nc2n(C2CCCC2)c1=O.CC1CCC(n2c3cnccc3c3cnc(Nc4ccc5c(n4)CCN(C(=O)CO)C5)nc32)CC1.CCN1CCN(Cc2ccc(Nc3ncc(F)c(-c4cc(F)c5nc(C)n(C(C)C)c5c4)n3)nc2)CC1.CN(C)C(=O)c1cc2cnc(Cc3ccc(N4CCNCC4)cn3)nc2n1C1CCCC1. The highest BCUT2D eigenvalue weighted by molar-refractivity contribution is 6.06. The number of amides is 2. The number of Topliss-reactive ketones (excluding diaryl/α,β-unsaturated/α-hetero) is 1. The summed E-state index contributed by atoms with van der Waals surface area (Å²) >= 11 is 0. The molecule has 0 spiro atoms. The second-order valence-electron chi connectivity index (χ2n) is 37.6. The molecule has 714 valence electrons. The van der Waals surface area contributed by atoms with E-state index in [-0.39, 0.29) is 58.0 Å². The predicted molar refractivity (Wildman–Crippen MR) is 527 cm³/mol. The number of nitrogens with one attached hydrogen (secondary N) is 4. The number of anilines is 6. The summed E-state index contributed by atoms with van der Waals surface area (Å²) in [7, 11) is 3.59. The van der Waals surface area contributed by atoms with Gasteiger partial charge < -0.3 is 64.6 Å². The number of hydrogen-bond donors (Lipinski definition) is 5. The quantitative estimate of drug-likeness (QED) is 0.0417. The standard InChI is InChI=1S/C27H32F2N8.C26H29N7O2.C25H30N6O2.C24H31N7O/c1-5-35-8-10-36(11-9-35)16-19-6-7-24(30-14-19)33-27-31-15-22(29)25(34-27)20-12-21(28)26-23(13-20)37(17(2)3)18(4)32-26;1-16-2-5-18(6-3-16)33-22-13-27-10-8-19(22)20-12-28-26(31-25(20)33)30-23-7-4-17-14-32(24(35)15-34)11-9-21(17)29-23;1-16-21-15-28-22(13-18-7-8-20(14-27-18)30-11-9-26-10-12-30)29-24(21)31(19-5-3-4-6-19)25(33)23(16)17(2)32;1-29(2)24(32)21-13-17-15-27-22(28-23(17)31(21)19-5-3-4-6-19)14-18-7-8-20(16-26-18)30-11-9-25-10-12-30/h6-7,12-15,17H,5,8-11,16H2,1-4H3,(H,30,31,33,34);4,7-8,10,12-13,16,18,34H,2-3,5-6,9,11,14-15H2,1H3,(H,28,29,30,31);7-8,14-15,19,26H,3-6,9-13H2,1-2H3;7-8,13,15-16,19,25H,3-6,9-12,14H2,1-2H3. The lowest BCUT2D eigenvalue weighted by molar-refractivity contribution is -0.135. The first-order chi connectivity index (χ1) is 66.5. The molecule has 4 aliphatic heterocycles. The van der Waals surface area contributed by atoms with Crippen molar-refractivity contribution < 1.29 is 28.3 Å². The minimum absolute atomic E-state index is 0.00954. The largest absolute Gasteiger partial charge is 0.387 e. The molecule has 0 bridgehead atoms. The van der Waals surface area contributed by atoms with Gasteiger partial charge in [-0.1, -0.05) is 51.7 Å². The summed E-state index contributed by atoms with van der Waals surface area (Å²) in [4.78, 5) is 127. The number of benzene rings is 1. The van der Waals surface area contributed by atoms with Crippen molar-refractivity contribution >= 4 is 108 Å². The molecule has 35 heteroatoms. The second kappa shape index (κ2) is 42.2. The first-order valence-corrected chi connectivity index (χ1v) is 48.5. The lowest BCUT2D eigenvalue weighted by atomic mass is 9.87. The van der Waals surface area contributed by atoms with Gasteiger partial charge in [-0.2, -0.15) is 4.98 Å². The fraction of sp³-hybridized carbons (Fsp3) is 0.451. The molecule has 6 fully saturated rings. The molecule has 33 nitrogen and oxygen atoms in total. The van der Waals surface area contributed by atoms with E-state index in [1.54, 1.807) is 40.7 Å². The van der Waals surface area contributed by atoms with Gasteiger partial charge in [-0.25, -0.2) is 58.6 Å². The van der Waals surface area contributed by atoms with Crippen molar-refractivity contribution in [1.29, 1.82) is 0 Å². The number of imidazole rings is 1. The Bertz CT molecular complexity index is 6740. The molecule has 3 aliphatic carbocycles. The van der Waals surface area contributed by atoms with Crippen molar-refractivity contribution in [3.8, 4) is 11.3 Å². The summed E-state index contributed by atoms with van der Waals surface area (Å²) in [5, 5.41) is 26.1. The number of carbonyl (C=O) groups is 3. The van der Waals surface area contributed by atoms with Gasteiger partial charge in [-0.3, -0.25) is 43.6 Å². The maximum Gasteiger partial charge on any atom is 0.270 e. The molecule has 1 aromatic carbocycles. The molecule has 0 atom stereocenters. The van der Waals surface area contributed by atoms with E-state index in [1.165, 1.54) is 38.7 Å². The van der Waals surface area contributed by atoms with Crippen molar-refractivity contribution in [2.24, 2.45) is 5.92 Å². The number of aliphatic hydroxyl groups excluding tert-OH is 1. The minimum atomic E-state index is -0.636. The number of aromatic nitrogens is 18. The van der Waals surface area contributed by atoms with Crippen LogP contribution in [0.3, 0.4) is 0 Å². The molecular formula is C102H122F2N28O5. The molecule has 0 radical (unpaired) electrons. The van der Waals surface area contributed by atoms with Gasteiger partial charge in [0.2, 0.25) is 17.8 Å². The number of fused-ring (bicyclic) bond motifs is 7. The monoisotopic (exact) mass is 1860 g/mol. The van der Waals surface area contributed by atoms with Crippen molar-refractivity contribution in [3.05, 3.63) is 213 Å². The van der Waals surface area contributed by atoms with E-state index in [9.17, 15) is 28.0 Å². The Morgan fingerprint density at radius 3 is 1.81 bits per heavy atom. The molecule has 3 saturated heterocycles. The van der Waals surface area contributed by atoms with Crippen LogP contribution < -0.4 is 36.6 Å². The molecule has 14 aromatic rings. The molecule has 7 aliphatic rings. The zero-order chi connectivity index (χ0) is 95.1. The summed E-state index contributed by atoms with van der Waals surface area (Å²) in [5.74, 6) is 3.17. The normalized spacial score (nSPS) is 17.4. The zero-order valence-corrected chi connectivity index (χ0v) is 79.7. The van der Waals surface area contributed by atoms with Crippen LogP contribution in [-0.4, -0.2) is 243 Å². The fourth-order valence-corrected chi connectivity index (χ4v) is 20.4. The van der Waals surface area contributed by atoms with E-state index in [1.807, 2.05) is 118 Å². The van der Waals surface area contributed by atoms with Gasteiger partial charge in [-0.05, 0) is 176 Å². The molecule has 0 unspecified atom stereocenters. The average Bonchev–Trinajstić information content (AvgIpc) is 1.75. The van der Waals surface area contributed by atoms with Crippen LogP contribution in [0.1, 0.15) is 208 Å². The van der Waals surface area contributed by atoms with Crippen LogP contribution in [-0.2, 0) is 37.1 Å². The van der Waals surface area contributed by atoms with Crippen LogP contribution in [0.15, 0.2) is 133 Å². The number of hydrogen-bond acceptors (Lipinski definition) is 27. The summed E-state index contributed by atoms with van der Waals surface area (Å²) in [6.45, 7) is 28.4. The van der Waals surface area contributed by atoms with Crippen LogP contribution in [0.5, 0.6) is 0 Å². The maximum atomic E-state index is 14.9. The number of aryl methyl sites for hydroxylation is 2. The maximum absolute atomic E-state index is 14.9. The summed E-state index contributed by atoms with van der Waals surface area (Å²) in [5.41, 5.74) is 13.4. The van der Waals surface area contributed by atoms with Crippen LogP contribution in [0, 0.1) is 31.4 Å². The average molecular weight is 1860 g/mol. The number of nitrogens with zero attached hydrogens (tertiary/aromatic N) is 24. The Balaban J connectivity index is 0.000000122. The van der Waals surface area contributed by atoms with Crippen LogP contribution in [0.25, 0.3) is 66.3 Å². The highest BCUT2D eigenvalue weighted by atomic mass is 19.1. The fourth-order valence-electron chi connectivity index (χ4n) is 20.4. The van der Waals surface area contributed by atoms with E-state index in [4.69, 9.17) is 25.0 Å². The molecule has 3 saturated carbocycles. The molecule has 2 amide bonds. The van der Waals surface area contributed by atoms with Crippen LogP contribution >= 0.6 is 0 Å². The minimum Gasteiger partial charge on any atom is -0.387 e. The van der Waals surface area contributed by atoms with Gasteiger partial charge in [0.1, 0.15) is 69.6 Å². The topological polar surface area (TPSA) is 356 Å². The number of rotatable bonds is 21. The third kappa shape index (κ3) is 21.0. The van der Waals surface area contributed by atoms with E-state index >= 15 is 0 Å². The highest BCUT2D eigenvalue weighted by Gasteiger charge is 2.32. The predicted octanol–water partition coefficient (Wildman–Crippen LogP) is 14.1. The van der Waals surface area contributed by atoms with Gasteiger partial charge in [-0.15, -0.1) is 0 Å². The summed E-state index contributed by atoms with van der Waals surface area (Å²) in [6, 6.07) is 24.0. The highest BCUT2D eigenvalue weighted by Crippen LogP contribution is 2.41. The van der Waals surface area contributed by atoms with E-state index in [0.717, 1.165) is 239 Å². The number of likely N-dealkylation sites (N-methyl/N-ethyl adjacent to an activating group) is 1. The van der Waals surface area contributed by atoms with E-state index in [0.29, 0.717) is 102 Å². The van der Waals surface area contributed by atoms with Crippen LogP contribution in [0.4, 0.5) is 43.7 Å². The van der Waals surface area contributed by atoms with Gasteiger partial charge >= 0.3 is 0 Å². The Hall–Kier alpha value is -13.2. The van der Waals surface area contributed by atoms with Gasteiger partial charge in [0.25, 0.3) is 11.5 Å². The summed E-state index contributed by atoms with van der Waals surface area (Å²) in [6.07, 6.45) is 31.1. The first-order valence-electron chi connectivity index (χ1n) is 48.5. The van der Waals surface area contributed by atoms with Crippen LogP contribution in [0.2, 0.25) is 0 Å².